The van der Waals surface area contributed by atoms with E-state index in [1.807, 2.05) is 12.3 Å². The minimum Gasteiger partial charge on any atom is -0.380 e. The van der Waals surface area contributed by atoms with Gasteiger partial charge in [0.25, 0.3) is 0 Å². The Morgan fingerprint density at radius 3 is 3.22 bits per heavy atom. The van der Waals surface area contributed by atoms with Crippen LogP contribution in [0.2, 0.25) is 0 Å². The van der Waals surface area contributed by atoms with Crippen LogP contribution in [-0.4, -0.2) is 31.3 Å². The Balaban J connectivity index is 1.85. The zero-order valence-corrected chi connectivity index (χ0v) is 10.4. The van der Waals surface area contributed by atoms with E-state index < -0.39 is 0 Å². The molecule has 18 heavy (non-hydrogen) atoms. The van der Waals surface area contributed by atoms with Gasteiger partial charge in [-0.1, -0.05) is 24.3 Å². The molecule has 0 spiro atoms. The number of nitrogens with zero attached hydrogens (tertiary/aromatic N) is 1. The van der Waals surface area contributed by atoms with E-state index in [0.717, 1.165) is 38.2 Å². The molecule has 1 N–H and O–H groups in total. The highest BCUT2D eigenvalue weighted by Gasteiger charge is 2.14. The molecular weight excluding hydrogens is 224 g/mol. The Hall–Kier alpha value is -1.45. The Morgan fingerprint density at radius 2 is 2.22 bits per heavy atom. The molecule has 1 atom stereocenters. The average Bonchev–Trinajstić information content (AvgIpc) is 2.68. The van der Waals surface area contributed by atoms with E-state index in [0.29, 0.717) is 5.92 Å². The van der Waals surface area contributed by atoms with Crippen LogP contribution in [0.1, 0.15) is 5.56 Å². The van der Waals surface area contributed by atoms with Crippen molar-refractivity contribution in [3.05, 3.63) is 42.1 Å². The maximum absolute atomic E-state index is 5.61. The molecule has 1 fully saturated rings. The SMILES string of the molecule is c1cnc2c(C[C@@H]3CNCCOC3)cccc2c1. The fourth-order valence-electron chi connectivity index (χ4n) is 2.53. The van der Waals surface area contributed by atoms with Crippen molar-refractivity contribution < 1.29 is 4.74 Å². The number of hydrogen-bond acceptors (Lipinski definition) is 3. The molecule has 0 bridgehead atoms. The van der Waals surface area contributed by atoms with Gasteiger partial charge >= 0.3 is 0 Å². The van der Waals surface area contributed by atoms with Gasteiger partial charge in [0.05, 0.1) is 18.7 Å². The zero-order valence-electron chi connectivity index (χ0n) is 10.4. The van der Waals surface area contributed by atoms with Gasteiger partial charge in [0, 0.05) is 24.7 Å². The van der Waals surface area contributed by atoms with Crippen LogP contribution in [0.25, 0.3) is 10.9 Å². The lowest BCUT2D eigenvalue weighted by Gasteiger charge is -2.14. The molecule has 0 radical (unpaired) electrons. The van der Waals surface area contributed by atoms with Crippen molar-refractivity contribution in [2.45, 2.75) is 6.42 Å². The lowest BCUT2D eigenvalue weighted by molar-refractivity contribution is 0.123. The van der Waals surface area contributed by atoms with Gasteiger partial charge in [-0.2, -0.15) is 0 Å². The van der Waals surface area contributed by atoms with Crippen LogP contribution in [0.4, 0.5) is 0 Å². The van der Waals surface area contributed by atoms with E-state index in [1.54, 1.807) is 0 Å². The Bertz CT molecular complexity index is 513. The number of hydrogen-bond donors (Lipinski definition) is 1. The molecule has 2 heterocycles. The number of para-hydroxylation sites is 1. The fourth-order valence-corrected chi connectivity index (χ4v) is 2.53. The maximum Gasteiger partial charge on any atom is 0.0734 e. The molecule has 0 unspecified atom stereocenters. The van der Waals surface area contributed by atoms with E-state index >= 15 is 0 Å². The molecule has 1 aliphatic heterocycles. The van der Waals surface area contributed by atoms with Crippen molar-refractivity contribution in [1.29, 1.82) is 0 Å². The number of ether oxygens (including phenoxy) is 1. The fraction of sp³-hybridized carbons (Fsp3) is 0.400. The van der Waals surface area contributed by atoms with Crippen LogP contribution in [0.5, 0.6) is 0 Å². The lowest BCUT2D eigenvalue weighted by atomic mass is 9.98. The summed E-state index contributed by atoms with van der Waals surface area (Å²) in [5.41, 5.74) is 2.45. The zero-order chi connectivity index (χ0) is 12.2. The molecule has 2 aromatic rings. The third-order valence-corrected chi connectivity index (χ3v) is 3.43. The quantitative estimate of drug-likeness (QED) is 0.874. The summed E-state index contributed by atoms with van der Waals surface area (Å²) in [5, 5.41) is 4.64. The van der Waals surface area contributed by atoms with E-state index in [9.17, 15) is 0 Å². The number of aromatic nitrogens is 1. The van der Waals surface area contributed by atoms with Gasteiger partial charge in [0.15, 0.2) is 0 Å². The minimum absolute atomic E-state index is 0.542. The summed E-state index contributed by atoms with van der Waals surface area (Å²) in [6, 6.07) is 10.5. The second-order valence-electron chi connectivity index (χ2n) is 4.84. The van der Waals surface area contributed by atoms with Gasteiger partial charge in [-0.05, 0) is 24.0 Å². The van der Waals surface area contributed by atoms with Gasteiger partial charge in [0.2, 0.25) is 0 Å². The van der Waals surface area contributed by atoms with Crippen molar-refractivity contribution in [1.82, 2.24) is 10.3 Å². The van der Waals surface area contributed by atoms with Gasteiger partial charge in [-0.25, -0.2) is 0 Å². The molecule has 1 aromatic carbocycles. The highest BCUT2D eigenvalue weighted by atomic mass is 16.5. The van der Waals surface area contributed by atoms with Crippen LogP contribution in [0.15, 0.2) is 36.5 Å². The molecule has 3 nitrogen and oxygen atoms in total. The Morgan fingerprint density at radius 1 is 1.28 bits per heavy atom. The van der Waals surface area contributed by atoms with E-state index in [2.05, 4.69) is 34.6 Å². The Labute approximate surface area is 107 Å². The van der Waals surface area contributed by atoms with E-state index in [4.69, 9.17) is 4.74 Å². The smallest absolute Gasteiger partial charge is 0.0734 e. The highest BCUT2D eigenvalue weighted by Crippen LogP contribution is 2.19. The first-order valence-electron chi connectivity index (χ1n) is 6.54. The number of nitrogens with one attached hydrogen (secondary N) is 1. The number of fused-ring (bicyclic) bond motifs is 1. The Kier molecular flexibility index (Phi) is 3.53. The number of benzene rings is 1. The molecule has 3 rings (SSSR count). The molecule has 0 aliphatic carbocycles. The third-order valence-electron chi connectivity index (χ3n) is 3.43. The molecule has 94 valence electrons. The molecule has 0 amide bonds. The summed E-state index contributed by atoms with van der Waals surface area (Å²) >= 11 is 0. The molecule has 3 heteroatoms. The van der Waals surface area contributed by atoms with E-state index in [1.165, 1.54) is 10.9 Å². The first-order chi connectivity index (χ1) is 8.93. The van der Waals surface area contributed by atoms with E-state index in [-0.39, 0.29) is 0 Å². The number of rotatable bonds is 2. The second kappa shape index (κ2) is 5.46. The molecule has 1 saturated heterocycles. The standard InChI is InChI=1S/C15H18N2O/c1-3-13-5-2-6-17-15(13)14(4-1)9-12-10-16-7-8-18-11-12/h1-6,12,16H,7-11H2/t12-/m1/s1. The largest absolute Gasteiger partial charge is 0.380 e. The van der Waals surface area contributed by atoms with Crippen molar-refractivity contribution in [2.24, 2.45) is 5.92 Å². The van der Waals surface area contributed by atoms with Crippen LogP contribution in [-0.2, 0) is 11.2 Å². The molecule has 1 aliphatic rings. The van der Waals surface area contributed by atoms with Gasteiger partial charge in [-0.3, -0.25) is 4.98 Å². The first kappa shape index (κ1) is 11.6. The number of pyridine rings is 1. The maximum atomic E-state index is 5.61. The van der Waals surface area contributed by atoms with Crippen molar-refractivity contribution in [2.75, 3.05) is 26.3 Å². The van der Waals surface area contributed by atoms with Crippen molar-refractivity contribution in [3.8, 4) is 0 Å². The average molecular weight is 242 g/mol. The van der Waals surface area contributed by atoms with Crippen molar-refractivity contribution >= 4 is 10.9 Å². The van der Waals surface area contributed by atoms with Crippen LogP contribution < -0.4 is 5.32 Å². The molecule has 0 saturated carbocycles. The van der Waals surface area contributed by atoms with Gasteiger partial charge in [0.1, 0.15) is 0 Å². The van der Waals surface area contributed by atoms with Crippen LogP contribution in [0, 0.1) is 5.92 Å². The van der Waals surface area contributed by atoms with Crippen LogP contribution in [0.3, 0.4) is 0 Å². The first-order valence-corrected chi connectivity index (χ1v) is 6.54. The van der Waals surface area contributed by atoms with Crippen LogP contribution >= 0.6 is 0 Å². The van der Waals surface area contributed by atoms with Gasteiger partial charge in [-0.15, -0.1) is 0 Å². The summed E-state index contributed by atoms with van der Waals surface area (Å²) in [4.78, 5) is 4.51. The molecule has 1 aromatic heterocycles. The lowest BCUT2D eigenvalue weighted by Crippen LogP contribution is -2.24. The topological polar surface area (TPSA) is 34.2 Å². The highest BCUT2D eigenvalue weighted by molar-refractivity contribution is 5.81. The predicted octanol–water partition coefficient (Wildman–Crippen LogP) is 2.01. The third kappa shape index (κ3) is 2.52. The monoisotopic (exact) mass is 242 g/mol. The summed E-state index contributed by atoms with van der Waals surface area (Å²) in [6.07, 6.45) is 2.90. The predicted molar refractivity (Wildman–Crippen MR) is 72.6 cm³/mol. The molecular formula is C15H18N2O. The van der Waals surface area contributed by atoms with Crippen molar-refractivity contribution in [3.63, 3.8) is 0 Å². The summed E-state index contributed by atoms with van der Waals surface area (Å²) in [6.45, 7) is 3.66. The summed E-state index contributed by atoms with van der Waals surface area (Å²) in [5.74, 6) is 0.542. The minimum atomic E-state index is 0.542. The summed E-state index contributed by atoms with van der Waals surface area (Å²) < 4.78 is 5.61. The summed E-state index contributed by atoms with van der Waals surface area (Å²) in [7, 11) is 0. The van der Waals surface area contributed by atoms with Gasteiger partial charge < -0.3 is 10.1 Å². The normalized spacial score (nSPS) is 20.8. The second-order valence-corrected chi connectivity index (χ2v) is 4.84.